The summed E-state index contributed by atoms with van der Waals surface area (Å²) < 4.78 is 5.62. The molecule has 0 aromatic rings. The van der Waals surface area contributed by atoms with Crippen LogP contribution in [0.15, 0.2) is 0 Å². The minimum absolute atomic E-state index is 0.192. The van der Waals surface area contributed by atoms with E-state index in [2.05, 4.69) is 31.4 Å². The number of hydrogen-bond acceptors (Lipinski definition) is 3. The van der Waals surface area contributed by atoms with Crippen molar-refractivity contribution >= 4 is 0 Å². The van der Waals surface area contributed by atoms with Crippen molar-refractivity contribution in [2.75, 3.05) is 32.8 Å². The molecule has 0 spiro atoms. The van der Waals surface area contributed by atoms with Crippen LogP contribution in [-0.4, -0.2) is 38.4 Å². The number of nitrogens with one attached hydrogen (secondary N) is 2. The van der Waals surface area contributed by atoms with Crippen LogP contribution in [0.25, 0.3) is 0 Å². The maximum Gasteiger partial charge on any atom is 0.0645 e. The van der Waals surface area contributed by atoms with Gasteiger partial charge in [0.05, 0.1) is 6.61 Å². The Bertz CT molecular complexity index is 253. The first-order chi connectivity index (χ1) is 8.52. The van der Waals surface area contributed by atoms with Crippen molar-refractivity contribution in [3.05, 3.63) is 0 Å². The molecule has 106 valence electrons. The van der Waals surface area contributed by atoms with E-state index >= 15 is 0 Å². The first kappa shape index (κ1) is 14.3. The maximum atomic E-state index is 5.62. The third kappa shape index (κ3) is 3.69. The summed E-state index contributed by atoms with van der Waals surface area (Å²) in [5.74, 6) is 0.798. The van der Waals surface area contributed by atoms with Gasteiger partial charge >= 0.3 is 0 Å². The Kier molecular flexibility index (Phi) is 4.68. The van der Waals surface area contributed by atoms with Crippen molar-refractivity contribution in [3.63, 3.8) is 0 Å². The Morgan fingerprint density at radius 3 is 2.83 bits per heavy atom. The molecule has 2 N–H and O–H groups in total. The minimum Gasteiger partial charge on any atom is -0.380 e. The van der Waals surface area contributed by atoms with Crippen LogP contribution < -0.4 is 10.6 Å². The molecule has 0 saturated carbocycles. The van der Waals surface area contributed by atoms with Gasteiger partial charge in [-0.3, -0.25) is 0 Å². The van der Waals surface area contributed by atoms with Gasteiger partial charge in [-0.25, -0.2) is 0 Å². The maximum absolute atomic E-state index is 5.62. The van der Waals surface area contributed by atoms with Crippen LogP contribution in [0.3, 0.4) is 0 Å². The lowest BCUT2D eigenvalue weighted by Crippen LogP contribution is -2.53. The quantitative estimate of drug-likeness (QED) is 0.807. The van der Waals surface area contributed by atoms with Gasteiger partial charge in [0.2, 0.25) is 0 Å². The molecule has 0 aliphatic carbocycles. The van der Waals surface area contributed by atoms with Crippen molar-refractivity contribution in [2.24, 2.45) is 11.3 Å². The normalized spacial score (nSPS) is 34.5. The van der Waals surface area contributed by atoms with Crippen molar-refractivity contribution in [1.29, 1.82) is 0 Å². The summed E-state index contributed by atoms with van der Waals surface area (Å²) in [6, 6.07) is 0. The van der Waals surface area contributed by atoms with Gasteiger partial charge in [0.25, 0.3) is 0 Å². The van der Waals surface area contributed by atoms with Crippen LogP contribution in [0.5, 0.6) is 0 Å². The molecule has 2 heterocycles. The SMILES string of the molecule is CC1(NCC(C)(C)C2CCCNC2)CCCOC1. The second-order valence-corrected chi connectivity index (χ2v) is 7.10. The molecule has 2 saturated heterocycles. The molecule has 0 aromatic heterocycles. The predicted molar refractivity (Wildman–Crippen MR) is 75.8 cm³/mol. The summed E-state index contributed by atoms with van der Waals surface area (Å²) in [5.41, 5.74) is 0.561. The standard InChI is InChI=1S/C15H30N2O/c1-14(2,13-6-4-8-16-10-13)11-17-15(3)7-5-9-18-12-15/h13,16-17H,4-12H2,1-3H3. The number of ether oxygens (including phenoxy) is 1. The van der Waals surface area contributed by atoms with E-state index in [1.807, 2.05) is 0 Å². The molecule has 2 atom stereocenters. The molecule has 0 aromatic carbocycles. The highest BCUT2D eigenvalue weighted by molar-refractivity contribution is 4.91. The van der Waals surface area contributed by atoms with Gasteiger partial charge in [0.15, 0.2) is 0 Å². The molecule has 0 bridgehead atoms. The highest BCUT2D eigenvalue weighted by atomic mass is 16.5. The van der Waals surface area contributed by atoms with Crippen molar-refractivity contribution in [3.8, 4) is 0 Å². The van der Waals surface area contributed by atoms with Gasteiger partial charge < -0.3 is 15.4 Å². The molecule has 0 radical (unpaired) electrons. The molecule has 2 aliphatic rings. The minimum atomic E-state index is 0.192. The Balaban J connectivity index is 1.83. The highest BCUT2D eigenvalue weighted by Gasteiger charge is 2.34. The average Bonchev–Trinajstić information content (AvgIpc) is 2.39. The van der Waals surface area contributed by atoms with E-state index in [-0.39, 0.29) is 5.54 Å². The zero-order valence-corrected chi connectivity index (χ0v) is 12.3. The van der Waals surface area contributed by atoms with Gasteiger partial charge in [0.1, 0.15) is 0 Å². The van der Waals surface area contributed by atoms with E-state index in [0.29, 0.717) is 5.41 Å². The van der Waals surface area contributed by atoms with E-state index in [9.17, 15) is 0 Å². The molecule has 2 rings (SSSR count). The zero-order valence-electron chi connectivity index (χ0n) is 12.3. The van der Waals surface area contributed by atoms with Crippen molar-refractivity contribution in [2.45, 2.75) is 52.0 Å². The summed E-state index contributed by atoms with van der Waals surface area (Å²) in [4.78, 5) is 0. The molecular weight excluding hydrogens is 224 g/mol. The highest BCUT2D eigenvalue weighted by Crippen LogP contribution is 2.32. The van der Waals surface area contributed by atoms with E-state index in [1.54, 1.807) is 0 Å². The van der Waals surface area contributed by atoms with E-state index in [0.717, 1.165) is 25.7 Å². The molecule has 3 heteroatoms. The van der Waals surface area contributed by atoms with Crippen LogP contribution in [0.4, 0.5) is 0 Å². The largest absolute Gasteiger partial charge is 0.380 e. The Hall–Kier alpha value is -0.120. The van der Waals surface area contributed by atoms with E-state index in [4.69, 9.17) is 4.74 Å². The first-order valence-electron chi connectivity index (χ1n) is 7.55. The summed E-state index contributed by atoms with van der Waals surface area (Å²) in [6.45, 7) is 12.4. The molecule has 3 nitrogen and oxygen atoms in total. The molecule has 2 unspecified atom stereocenters. The predicted octanol–water partition coefficient (Wildman–Crippen LogP) is 2.17. The Morgan fingerprint density at radius 2 is 2.22 bits per heavy atom. The fourth-order valence-corrected chi connectivity index (χ4v) is 3.18. The molecule has 2 aliphatic heterocycles. The van der Waals surface area contributed by atoms with Gasteiger partial charge in [-0.1, -0.05) is 13.8 Å². The third-order valence-corrected chi connectivity index (χ3v) is 4.81. The van der Waals surface area contributed by atoms with Crippen molar-refractivity contribution < 1.29 is 4.74 Å². The fraction of sp³-hybridized carbons (Fsp3) is 1.00. The molecular formula is C15H30N2O. The van der Waals surface area contributed by atoms with Crippen LogP contribution in [0.1, 0.15) is 46.5 Å². The van der Waals surface area contributed by atoms with E-state index in [1.165, 1.54) is 38.8 Å². The third-order valence-electron chi connectivity index (χ3n) is 4.81. The summed E-state index contributed by atoms with van der Waals surface area (Å²) >= 11 is 0. The number of hydrogen-bond donors (Lipinski definition) is 2. The van der Waals surface area contributed by atoms with Gasteiger partial charge in [-0.05, 0) is 57.0 Å². The van der Waals surface area contributed by atoms with E-state index < -0.39 is 0 Å². The van der Waals surface area contributed by atoms with Crippen LogP contribution in [-0.2, 0) is 4.74 Å². The summed E-state index contributed by atoms with van der Waals surface area (Å²) in [5, 5.41) is 7.32. The smallest absolute Gasteiger partial charge is 0.0645 e. The molecule has 18 heavy (non-hydrogen) atoms. The lowest BCUT2D eigenvalue weighted by molar-refractivity contribution is 0.0200. The fourth-order valence-electron chi connectivity index (χ4n) is 3.18. The lowest BCUT2D eigenvalue weighted by atomic mass is 9.74. The summed E-state index contributed by atoms with van der Waals surface area (Å²) in [7, 11) is 0. The first-order valence-corrected chi connectivity index (χ1v) is 7.55. The Labute approximate surface area is 112 Å². The zero-order chi connectivity index (χ0) is 13.1. The number of piperidine rings is 1. The topological polar surface area (TPSA) is 33.3 Å². The molecule has 2 fully saturated rings. The van der Waals surface area contributed by atoms with Crippen molar-refractivity contribution in [1.82, 2.24) is 10.6 Å². The van der Waals surface area contributed by atoms with Gasteiger partial charge in [-0.2, -0.15) is 0 Å². The second-order valence-electron chi connectivity index (χ2n) is 7.10. The average molecular weight is 254 g/mol. The Morgan fingerprint density at radius 1 is 1.39 bits per heavy atom. The van der Waals surface area contributed by atoms with Crippen LogP contribution in [0.2, 0.25) is 0 Å². The summed E-state index contributed by atoms with van der Waals surface area (Å²) in [6.07, 6.45) is 5.13. The van der Waals surface area contributed by atoms with Crippen LogP contribution in [0, 0.1) is 11.3 Å². The number of rotatable bonds is 4. The molecule has 0 amide bonds. The van der Waals surface area contributed by atoms with Gasteiger partial charge in [0, 0.05) is 18.7 Å². The lowest BCUT2D eigenvalue weighted by Gasteiger charge is -2.42. The second kappa shape index (κ2) is 5.89. The monoisotopic (exact) mass is 254 g/mol. The van der Waals surface area contributed by atoms with Gasteiger partial charge in [-0.15, -0.1) is 0 Å². The van der Waals surface area contributed by atoms with Crippen LogP contribution >= 0.6 is 0 Å².